The van der Waals surface area contributed by atoms with Crippen molar-refractivity contribution in [2.45, 2.75) is 19.4 Å². The SMILES string of the molecule is CC1CNC1c1ccc2c(c1)CC(=O)N2C. The molecular formula is C13H16N2O. The molecule has 0 aliphatic carbocycles. The van der Waals surface area contributed by atoms with Crippen LogP contribution in [0.3, 0.4) is 0 Å². The lowest BCUT2D eigenvalue weighted by Gasteiger charge is -2.36. The molecule has 2 aliphatic rings. The van der Waals surface area contributed by atoms with E-state index in [-0.39, 0.29) is 5.91 Å². The third-order valence-corrected chi connectivity index (χ3v) is 3.77. The second kappa shape index (κ2) is 3.32. The van der Waals surface area contributed by atoms with Crippen LogP contribution >= 0.6 is 0 Å². The standard InChI is InChI=1S/C13H16N2O/c1-8-7-14-13(8)9-3-4-11-10(5-9)6-12(16)15(11)2/h3-5,8,13-14H,6-7H2,1-2H3. The van der Waals surface area contributed by atoms with Crippen molar-refractivity contribution < 1.29 is 4.79 Å². The molecule has 0 radical (unpaired) electrons. The molecule has 3 rings (SSSR count). The summed E-state index contributed by atoms with van der Waals surface area (Å²) in [6.45, 7) is 3.35. The third kappa shape index (κ3) is 1.28. The highest BCUT2D eigenvalue weighted by molar-refractivity contribution is 6.00. The normalized spacial score (nSPS) is 27.9. The van der Waals surface area contributed by atoms with E-state index in [0.29, 0.717) is 18.4 Å². The number of rotatable bonds is 1. The molecule has 1 N–H and O–H groups in total. The van der Waals surface area contributed by atoms with Gasteiger partial charge in [0.1, 0.15) is 0 Å². The molecule has 1 fully saturated rings. The number of carbonyl (C=O) groups excluding carboxylic acids is 1. The van der Waals surface area contributed by atoms with Gasteiger partial charge in [0.25, 0.3) is 0 Å². The molecule has 16 heavy (non-hydrogen) atoms. The quantitative estimate of drug-likeness (QED) is 0.771. The van der Waals surface area contributed by atoms with Gasteiger partial charge < -0.3 is 10.2 Å². The summed E-state index contributed by atoms with van der Waals surface area (Å²) in [4.78, 5) is 13.3. The van der Waals surface area contributed by atoms with Crippen molar-refractivity contribution >= 4 is 11.6 Å². The lowest BCUT2D eigenvalue weighted by atomic mass is 9.87. The number of hydrogen-bond acceptors (Lipinski definition) is 2. The highest BCUT2D eigenvalue weighted by atomic mass is 16.2. The van der Waals surface area contributed by atoms with Crippen LogP contribution in [-0.4, -0.2) is 19.5 Å². The molecule has 2 aliphatic heterocycles. The Bertz CT molecular complexity index is 455. The first-order valence-electron chi connectivity index (χ1n) is 5.79. The average molecular weight is 216 g/mol. The number of anilines is 1. The Labute approximate surface area is 95.4 Å². The molecule has 0 spiro atoms. The number of hydrogen-bond donors (Lipinski definition) is 1. The van der Waals surface area contributed by atoms with E-state index in [1.54, 1.807) is 4.90 Å². The Morgan fingerprint density at radius 2 is 2.25 bits per heavy atom. The van der Waals surface area contributed by atoms with Crippen molar-refractivity contribution in [3.63, 3.8) is 0 Å². The fourth-order valence-corrected chi connectivity index (χ4v) is 2.60. The maximum absolute atomic E-state index is 11.6. The molecule has 84 valence electrons. The largest absolute Gasteiger partial charge is 0.315 e. The van der Waals surface area contributed by atoms with Crippen LogP contribution in [0.25, 0.3) is 0 Å². The molecular weight excluding hydrogens is 200 g/mol. The lowest BCUT2D eigenvalue weighted by Crippen LogP contribution is -2.43. The van der Waals surface area contributed by atoms with Gasteiger partial charge in [0.15, 0.2) is 0 Å². The van der Waals surface area contributed by atoms with Crippen molar-refractivity contribution in [3.05, 3.63) is 29.3 Å². The van der Waals surface area contributed by atoms with Gasteiger partial charge in [0.05, 0.1) is 6.42 Å². The summed E-state index contributed by atoms with van der Waals surface area (Å²) < 4.78 is 0. The molecule has 1 amide bonds. The second-order valence-electron chi connectivity index (χ2n) is 4.88. The minimum Gasteiger partial charge on any atom is -0.315 e. The monoisotopic (exact) mass is 216 g/mol. The van der Waals surface area contributed by atoms with Crippen LogP contribution < -0.4 is 10.2 Å². The summed E-state index contributed by atoms with van der Waals surface area (Å²) in [7, 11) is 1.85. The van der Waals surface area contributed by atoms with Gasteiger partial charge in [0, 0.05) is 25.3 Å². The van der Waals surface area contributed by atoms with Crippen LogP contribution in [0.4, 0.5) is 5.69 Å². The van der Waals surface area contributed by atoms with E-state index in [1.165, 1.54) is 11.1 Å². The minimum absolute atomic E-state index is 0.196. The average Bonchev–Trinajstić information content (AvgIpc) is 2.53. The van der Waals surface area contributed by atoms with Gasteiger partial charge >= 0.3 is 0 Å². The predicted octanol–water partition coefficient (Wildman–Crippen LogP) is 1.49. The first-order valence-corrected chi connectivity index (χ1v) is 5.79. The summed E-state index contributed by atoms with van der Waals surface area (Å²) in [6.07, 6.45) is 0.556. The van der Waals surface area contributed by atoms with Gasteiger partial charge in [0.2, 0.25) is 5.91 Å². The van der Waals surface area contributed by atoms with E-state index in [1.807, 2.05) is 7.05 Å². The lowest BCUT2D eigenvalue weighted by molar-refractivity contribution is -0.117. The van der Waals surface area contributed by atoms with Crippen LogP contribution in [0.1, 0.15) is 24.1 Å². The van der Waals surface area contributed by atoms with Crippen molar-refractivity contribution in [1.29, 1.82) is 0 Å². The molecule has 3 nitrogen and oxygen atoms in total. The van der Waals surface area contributed by atoms with E-state index < -0.39 is 0 Å². The first kappa shape index (κ1) is 9.85. The van der Waals surface area contributed by atoms with Crippen molar-refractivity contribution in [1.82, 2.24) is 5.32 Å². The molecule has 0 aromatic heterocycles. The van der Waals surface area contributed by atoms with Crippen LogP contribution in [0.15, 0.2) is 18.2 Å². The van der Waals surface area contributed by atoms with Crippen LogP contribution in [-0.2, 0) is 11.2 Å². The maximum atomic E-state index is 11.6. The fourth-order valence-electron chi connectivity index (χ4n) is 2.60. The predicted molar refractivity (Wildman–Crippen MR) is 63.5 cm³/mol. The Balaban J connectivity index is 1.95. The molecule has 1 aromatic rings. The third-order valence-electron chi connectivity index (χ3n) is 3.77. The van der Waals surface area contributed by atoms with E-state index in [4.69, 9.17) is 0 Å². The number of amides is 1. The molecule has 0 bridgehead atoms. The summed E-state index contributed by atoms with van der Waals surface area (Å²) in [5, 5.41) is 3.43. The van der Waals surface area contributed by atoms with Crippen LogP contribution in [0.5, 0.6) is 0 Å². The Hall–Kier alpha value is -1.35. The zero-order chi connectivity index (χ0) is 11.3. The van der Waals surface area contributed by atoms with Gasteiger partial charge in [-0.3, -0.25) is 4.79 Å². The number of fused-ring (bicyclic) bond motifs is 1. The Kier molecular flexibility index (Phi) is 2.04. The van der Waals surface area contributed by atoms with Crippen molar-refractivity contribution in [3.8, 4) is 0 Å². The summed E-state index contributed by atoms with van der Waals surface area (Å²) in [6, 6.07) is 6.87. The smallest absolute Gasteiger partial charge is 0.231 e. The molecule has 2 atom stereocenters. The summed E-state index contributed by atoms with van der Waals surface area (Å²) in [5.74, 6) is 0.898. The highest BCUT2D eigenvalue weighted by Gasteiger charge is 2.30. The molecule has 0 saturated carbocycles. The summed E-state index contributed by atoms with van der Waals surface area (Å²) in [5.41, 5.74) is 3.56. The summed E-state index contributed by atoms with van der Waals surface area (Å²) >= 11 is 0. The zero-order valence-corrected chi connectivity index (χ0v) is 9.66. The first-order chi connectivity index (χ1) is 7.66. The molecule has 2 unspecified atom stereocenters. The Morgan fingerprint density at radius 3 is 2.88 bits per heavy atom. The maximum Gasteiger partial charge on any atom is 0.231 e. The Morgan fingerprint density at radius 1 is 1.44 bits per heavy atom. The molecule has 1 aromatic carbocycles. The number of nitrogens with zero attached hydrogens (tertiary/aromatic N) is 1. The number of nitrogens with one attached hydrogen (secondary N) is 1. The van der Waals surface area contributed by atoms with Crippen LogP contribution in [0, 0.1) is 5.92 Å². The van der Waals surface area contributed by atoms with E-state index >= 15 is 0 Å². The molecule has 1 saturated heterocycles. The van der Waals surface area contributed by atoms with Gasteiger partial charge in [-0.05, 0) is 23.1 Å². The van der Waals surface area contributed by atoms with Gasteiger partial charge in [-0.15, -0.1) is 0 Å². The van der Waals surface area contributed by atoms with Crippen molar-refractivity contribution in [2.75, 3.05) is 18.5 Å². The molecule has 2 heterocycles. The number of benzene rings is 1. The van der Waals surface area contributed by atoms with Gasteiger partial charge in [-0.25, -0.2) is 0 Å². The van der Waals surface area contributed by atoms with Crippen molar-refractivity contribution in [2.24, 2.45) is 5.92 Å². The number of carbonyl (C=O) groups is 1. The minimum atomic E-state index is 0.196. The van der Waals surface area contributed by atoms with E-state index in [9.17, 15) is 4.79 Å². The zero-order valence-electron chi connectivity index (χ0n) is 9.66. The van der Waals surface area contributed by atoms with E-state index in [0.717, 1.165) is 12.2 Å². The van der Waals surface area contributed by atoms with Crippen LogP contribution in [0.2, 0.25) is 0 Å². The highest BCUT2D eigenvalue weighted by Crippen LogP contribution is 2.34. The van der Waals surface area contributed by atoms with E-state index in [2.05, 4.69) is 30.4 Å². The molecule has 3 heteroatoms. The van der Waals surface area contributed by atoms with Gasteiger partial charge in [-0.1, -0.05) is 19.1 Å². The number of likely N-dealkylation sites (N-methyl/N-ethyl adjacent to an activating group) is 1. The fraction of sp³-hybridized carbons (Fsp3) is 0.462. The second-order valence-corrected chi connectivity index (χ2v) is 4.88. The van der Waals surface area contributed by atoms with Gasteiger partial charge in [-0.2, -0.15) is 0 Å². The topological polar surface area (TPSA) is 32.3 Å².